The van der Waals surface area contributed by atoms with E-state index < -0.39 is 0 Å². The number of aromatic nitrogens is 1. The summed E-state index contributed by atoms with van der Waals surface area (Å²) in [7, 11) is 0. The molecular weight excluding hydrogens is 280 g/mol. The molecule has 3 nitrogen and oxygen atoms in total. The van der Waals surface area contributed by atoms with E-state index in [-0.39, 0.29) is 0 Å². The third kappa shape index (κ3) is 5.14. The molecule has 1 aromatic heterocycles. The predicted octanol–water partition coefficient (Wildman–Crippen LogP) is 4.03. The topological polar surface area (TPSA) is 34.1 Å². The number of benzene rings is 1. The predicted molar refractivity (Wildman–Crippen MR) is 88.8 cm³/mol. The minimum absolute atomic E-state index is 0.548. The van der Waals surface area contributed by atoms with Gasteiger partial charge in [-0.3, -0.25) is 0 Å². The van der Waals surface area contributed by atoms with Crippen LogP contribution in [-0.4, -0.2) is 11.5 Å². The van der Waals surface area contributed by atoms with Crippen LogP contribution in [0.4, 0.5) is 0 Å². The second-order valence-electron chi connectivity index (χ2n) is 5.46. The van der Waals surface area contributed by atoms with E-state index in [4.69, 9.17) is 9.72 Å². The number of hydrogen-bond acceptors (Lipinski definition) is 4. The van der Waals surface area contributed by atoms with Crippen molar-refractivity contribution in [2.24, 2.45) is 5.92 Å². The van der Waals surface area contributed by atoms with Gasteiger partial charge in [-0.1, -0.05) is 39.0 Å². The first-order chi connectivity index (χ1) is 10.2. The highest BCUT2D eigenvalue weighted by molar-refractivity contribution is 7.11. The van der Waals surface area contributed by atoms with Crippen molar-refractivity contribution in [2.75, 3.05) is 6.54 Å². The van der Waals surface area contributed by atoms with Crippen molar-refractivity contribution in [1.29, 1.82) is 0 Å². The number of para-hydroxylation sites is 1. The molecule has 1 heterocycles. The Morgan fingerprint density at radius 2 is 2.00 bits per heavy atom. The molecule has 0 saturated heterocycles. The lowest BCUT2D eigenvalue weighted by molar-refractivity contribution is 0.305. The lowest BCUT2D eigenvalue weighted by Crippen LogP contribution is -2.12. The van der Waals surface area contributed by atoms with E-state index in [1.807, 2.05) is 30.3 Å². The average molecular weight is 304 g/mol. The van der Waals surface area contributed by atoms with Crippen LogP contribution in [0.5, 0.6) is 5.75 Å². The number of nitrogens with one attached hydrogen (secondary N) is 1. The summed E-state index contributed by atoms with van der Waals surface area (Å²) in [6.07, 6.45) is 1.03. The van der Waals surface area contributed by atoms with Gasteiger partial charge in [-0.2, -0.15) is 0 Å². The SMILES string of the molecule is CCNCc1sc(COc2ccccc2)nc1CC(C)C. The molecule has 0 aliphatic carbocycles. The highest BCUT2D eigenvalue weighted by Gasteiger charge is 2.12. The minimum Gasteiger partial charge on any atom is -0.486 e. The van der Waals surface area contributed by atoms with Crippen LogP contribution in [0.15, 0.2) is 30.3 Å². The summed E-state index contributed by atoms with van der Waals surface area (Å²) >= 11 is 1.76. The normalized spacial score (nSPS) is 11.0. The number of nitrogens with zero attached hydrogens (tertiary/aromatic N) is 1. The third-order valence-corrected chi connectivity index (χ3v) is 4.14. The molecule has 2 aromatic rings. The Labute approximate surface area is 131 Å². The Morgan fingerprint density at radius 3 is 2.67 bits per heavy atom. The zero-order valence-corrected chi connectivity index (χ0v) is 13.9. The van der Waals surface area contributed by atoms with Crippen LogP contribution in [0.1, 0.15) is 36.3 Å². The van der Waals surface area contributed by atoms with E-state index in [9.17, 15) is 0 Å². The monoisotopic (exact) mass is 304 g/mol. The molecule has 0 radical (unpaired) electrons. The Kier molecular flexibility index (Phi) is 6.21. The number of thiazole rings is 1. The smallest absolute Gasteiger partial charge is 0.140 e. The molecule has 0 atom stereocenters. The van der Waals surface area contributed by atoms with Crippen LogP contribution in [-0.2, 0) is 19.6 Å². The lowest BCUT2D eigenvalue weighted by Gasteiger charge is -2.05. The van der Waals surface area contributed by atoms with E-state index in [1.54, 1.807) is 11.3 Å². The van der Waals surface area contributed by atoms with Crippen LogP contribution in [0.3, 0.4) is 0 Å². The van der Waals surface area contributed by atoms with E-state index in [0.717, 1.165) is 30.3 Å². The lowest BCUT2D eigenvalue weighted by atomic mass is 10.1. The molecule has 2 rings (SSSR count). The summed E-state index contributed by atoms with van der Waals surface area (Å²) in [5.41, 5.74) is 1.22. The van der Waals surface area contributed by atoms with Crippen molar-refractivity contribution in [2.45, 2.75) is 40.3 Å². The molecule has 0 saturated carbocycles. The maximum Gasteiger partial charge on any atom is 0.140 e. The summed E-state index contributed by atoms with van der Waals surface area (Å²) < 4.78 is 5.80. The average Bonchev–Trinajstić information content (AvgIpc) is 2.85. The standard InChI is InChI=1S/C17H24N2OS/c1-4-18-11-16-15(10-13(2)3)19-17(21-16)12-20-14-8-6-5-7-9-14/h5-9,13,18H,4,10-12H2,1-3H3. The first-order valence-corrected chi connectivity index (χ1v) is 8.36. The van der Waals surface area contributed by atoms with Gasteiger partial charge in [-0.25, -0.2) is 4.98 Å². The van der Waals surface area contributed by atoms with Crippen LogP contribution >= 0.6 is 11.3 Å². The van der Waals surface area contributed by atoms with Crippen LogP contribution < -0.4 is 10.1 Å². The Morgan fingerprint density at radius 1 is 1.24 bits per heavy atom. The number of rotatable bonds is 8. The maximum absolute atomic E-state index is 5.80. The van der Waals surface area contributed by atoms with Crippen LogP contribution in [0, 0.1) is 5.92 Å². The van der Waals surface area contributed by atoms with Crippen molar-refractivity contribution >= 4 is 11.3 Å². The fourth-order valence-corrected chi connectivity index (χ4v) is 3.06. The zero-order chi connectivity index (χ0) is 15.1. The summed E-state index contributed by atoms with van der Waals surface area (Å²) in [4.78, 5) is 6.12. The molecule has 0 amide bonds. The molecule has 0 bridgehead atoms. The van der Waals surface area contributed by atoms with Gasteiger partial charge in [0.1, 0.15) is 17.4 Å². The summed E-state index contributed by atoms with van der Waals surface area (Å²) in [5, 5.41) is 4.45. The van der Waals surface area contributed by atoms with Crippen LogP contribution in [0.25, 0.3) is 0 Å². The van der Waals surface area contributed by atoms with E-state index in [1.165, 1.54) is 10.6 Å². The van der Waals surface area contributed by atoms with Gasteiger partial charge in [-0.15, -0.1) is 11.3 Å². The van der Waals surface area contributed by atoms with Gasteiger partial charge in [0.25, 0.3) is 0 Å². The molecule has 1 aromatic carbocycles. The number of ether oxygens (including phenoxy) is 1. The fourth-order valence-electron chi connectivity index (χ4n) is 2.08. The van der Waals surface area contributed by atoms with Gasteiger partial charge >= 0.3 is 0 Å². The first kappa shape index (κ1) is 16.0. The number of hydrogen-bond donors (Lipinski definition) is 1. The molecule has 0 spiro atoms. The Bertz CT molecular complexity index is 537. The maximum atomic E-state index is 5.80. The fraction of sp³-hybridized carbons (Fsp3) is 0.471. The molecule has 0 aliphatic heterocycles. The highest BCUT2D eigenvalue weighted by atomic mass is 32.1. The summed E-state index contributed by atoms with van der Waals surface area (Å²) in [6.45, 7) is 9.03. The van der Waals surface area contributed by atoms with Gasteiger partial charge in [0.05, 0.1) is 5.69 Å². The second-order valence-corrected chi connectivity index (χ2v) is 6.63. The Hall–Kier alpha value is -1.39. The molecule has 0 aliphatic rings. The minimum atomic E-state index is 0.548. The molecule has 21 heavy (non-hydrogen) atoms. The van der Waals surface area contributed by atoms with Crippen molar-refractivity contribution in [3.8, 4) is 5.75 Å². The quantitative estimate of drug-likeness (QED) is 0.799. The van der Waals surface area contributed by atoms with Crippen molar-refractivity contribution in [3.63, 3.8) is 0 Å². The van der Waals surface area contributed by atoms with Gasteiger partial charge in [0.15, 0.2) is 0 Å². The Balaban J connectivity index is 2.03. The molecular formula is C17H24N2OS. The van der Waals surface area contributed by atoms with Crippen molar-refractivity contribution < 1.29 is 4.74 Å². The highest BCUT2D eigenvalue weighted by Crippen LogP contribution is 2.23. The molecule has 1 N–H and O–H groups in total. The largest absolute Gasteiger partial charge is 0.486 e. The van der Waals surface area contributed by atoms with Crippen molar-refractivity contribution in [1.82, 2.24) is 10.3 Å². The summed E-state index contributed by atoms with van der Waals surface area (Å²) in [6, 6.07) is 9.91. The van der Waals surface area contributed by atoms with Crippen LogP contribution in [0.2, 0.25) is 0 Å². The second kappa shape index (κ2) is 8.15. The van der Waals surface area contributed by atoms with Crippen molar-refractivity contribution in [3.05, 3.63) is 45.9 Å². The van der Waals surface area contributed by atoms with E-state index in [0.29, 0.717) is 12.5 Å². The van der Waals surface area contributed by atoms with Gasteiger partial charge in [-0.05, 0) is 31.0 Å². The third-order valence-electron chi connectivity index (χ3n) is 3.07. The zero-order valence-electron chi connectivity index (χ0n) is 13.1. The van der Waals surface area contributed by atoms with Gasteiger partial charge in [0.2, 0.25) is 0 Å². The van der Waals surface area contributed by atoms with E-state index >= 15 is 0 Å². The summed E-state index contributed by atoms with van der Waals surface area (Å²) in [5.74, 6) is 1.52. The molecule has 0 fully saturated rings. The van der Waals surface area contributed by atoms with Gasteiger partial charge < -0.3 is 10.1 Å². The molecule has 0 unspecified atom stereocenters. The van der Waals surface area contributed by atoms with E-state index in [2.05, 4.69) is 26.1 Å². The van der Waals surface area contributed by atoms with Gasteiger partial charge in [0, 0.05) is 11.4 Å². The molecule has 114 valence electrons. The molecule has 4 heteroatoms. The first-order valence-electron chi connectivity index (χ1n) is 7.55.